The van der Waals surface area contributed by atoms with Gasteiger partial charge in [0.15, 0.2) is 0 Å². The van der Waals surface area contributed by atoms with Crippen LogP contribution in [0.2, 0.25) is 0 Å². The van der Waals surface area contributed by atoms with Crippen LogP contribution in [0.3, 0.4) is 0 Å². The van der Waals surface area contributed by atoms with Gasteiger partial charge in [-0.15, -0.1) is 0 Å². The summed E-state index contributed by atoms with van der Waals surface area (Å²) in [6, 6.07) is 15.8. The molecule has 0 radical (unpaired) electrons. The number of rotatable bonds is 3. The molecule has 0 spiro atoms. The summed E-state index contributed by atoms with van der Waals surface area (Å²) in [4.78, 5) is 4.31. The van der Waals surface area contributed by atoms with Gasteiger partial charge >= 0.3 is 0 Å². The van der Waals surface area contributed by atoms with E-state index in [2.05, 4.69) is 17.1 Å². The van der Waals surface area contributed by atoms with Gasteiger partial charge in [-0.05, 0) is 30.2 Å². The third-order valence-corrected chi connectivity index (χ3v) is 5.31. The van der Waals surface area contributed by atoms with Crippen molar-refractivity contribution in [2.24, 2.45) is 0 Å². The van der Waals surface area contributed by atoms with E-state index in [0.717, 1.165) is 17.7 Å². The van der Waals surface area contributed by atoms with Gasteiger partial charge in [0.25, 0.3) is 0 Å². The number of benzene rings is 1. The number of piperidine rings is 1. The fourth-order valence-electron chi connectivity index (χ4n) is 2.96. The Morgan fingerprint density at radius 3 is 2.52 bits per heavy atom. The molecule has 0 amide bonds. The van der Waals surface area contributed by atoms with Gasteiger partial charge in [-0.2, -0.15) is 4.31 Å². The Kier molecular flexibility index (Phi) is 4.59. The standard InChI is InChI=1S/C18H20N2O2S/c1-23(21,22)20-13-15(12-18-9-5-6-10-19-18)11-17(14-20)16-7-3-2-4-8-16/h2-10,12,17H,11,13-14H2,1H3. The van der Waals surface area contributed by atoms with Crippen LogP contribution >= 0.6 is 0 Å². The first kappa shape index (κ1) is 15.9. The largest absolute Gasteiger partial charge is 0.257 e. The minimum Gasteiger partial charge on any atom is -0.257 e. The van der Waals surface area contributed by atoms with Crippen LogP contribution in [0, 0.1) is 0 Å². The number of hydrogen-bond donors (Lipinski definition) is 0. The van der Waals surface area contributed by atoms with Crippen LogP contribution in [0.5, 0.6) is 0 Å². The predicted octanol–water partition coefficient (Wildman–Crippen LogP) is 2.91. The van der Waals surface area contributed by atoms with Gasteiger partial charge in [0, 0.05) is 25.2 Å². The van der Waals surface area contributed by atoms with Crippen molar-refractivity contribution in [3.05, 3.63) is 71.6 Å². The van der Waals surface area contributed by atoms with Crippen molar-refractivity contribution < 1.29 is 8.42 Å². The maximum atomic E-state index is 12.0. The molecule has 1 fully saturated rings. The molecule has 3 rings (SSSR count). The second-order valence-corrected chi connectivity index (χ2v) is 7.91. The molecule has 2 heterocycles. The maximum absolute atomic E-state index is 12.0. The minimum atomic E-state index is -3.22. The third kappa shape index (κ3) is 4.06. The molecule has 1 saturated heterocycles. The van der Waals surface area contributed by atoms with E-state index in [1.54, 1.807) is 10.5 Å². The van der Waals surface area contributed by atoms with Crippen molar-refractivity contribution in [3.63, 3.8) is 0 Å². The summed E-state index contributed by atoms with van der Waals surface area (Å²) in [6.45, 7) is 0.973. The smallest absolute Gasteiger partial charge is 0.211 e. The molecule has 0 aliphatic carbocycles. The molecule has 5 heteroatoms. The van der Waals surface area contributed by atoms with E-state index < -0.39 is 10.0 Å². The molecule has 1 atom stereocenters. The van der Waals surface area contributed by atoms with Crippen LogP contribution in [-0.4, -0.2) is 37.1 Å². The van der Waals surface area contributed by atoms with Gasteiger partial charge in [-0.3, -0.25) is 4.98 Å². The Morgan fingerprint density at radius 2 is 1.87 bits per heavy atom. The van der Waals surface area contributed by atoms with Crippen molar-refractivity contribution in [2.75, 3.05) is 19.3 Å². The molecule has 23 heavy (non-hydrogen) atoms. The van der Waals surface area contributed by atoms with Crippen molar-refractivity contribution in [3.8, 4) is 0 Å². The van der Waals surface area contributed by atoms with Gasteiger partial charge in [0.1, 0.15) is 0 Å². The van der Waals surface area contributed by atoms with Gasteiger partial charge in [0.05, 0.1) is 11.9 Å². The fraction of sp³-hybridized carbons (Fsp3) is 0.278. The summed E-state index contributed by atoms with van der Waals surface area (Å²) in [5.74, 6) is 0.176. The zero-order valence-electron chi connectivity index (χ0n) is 13.1. The first-order valence-corrected chi connectivity index (χ1v) is 9.48. The van der Waals surface area contributed by atoms with Crippen molar-refractivity contribution in [1.29, 1.82) is 0 Å². The normalized spacial score (nSPS) is 21.4. The molecule has 0 N–H and O–H groups in total. The Hall–Kier alpha value is -1.98. The van der Waals surface area contributed by atoms with E-state index in [1.807, 2.05) is 42.5 Å². The van der Waals surface area contributed by atoms with Crippen LogP contribution in [0.4, 0.5) is 0 Å². The Morgan fingerprint density at radius 1 is 1.13 bits per heavy atom. The lowest BCUT2D eigenvalue weighted by atomic mass is 9.88. The average Bonchev–Trinajstić information content (AvgIpc) is 2.55. The van der Waals surface area contributed by atoms with Crippen LogP contribution in [0.15, 0.2) is 60.3 Å². The topological polar surface area (TPSA) is 50.3 Å². The molecule has 1 aromatic heterocycles. The third-order valence-electron chi connectivity index (χ3n) is 4.09. The quantitative estimate of drug-likeness (QED) is 0.870. The lowest BCUT2D eigenvalue weighted by Crippen LogP contribution is -2.39. The summed E-state index contributed by atoms with van der Waals surface area (Å²) in [7, 11) is -3.22. The summed E-state index contributed by atoms with van der Waals surface area (Å²) in [5, 5.41) is 0. The summed E-state index contributed by atoms with van der Waals surface area (Å²) in [6.07, 6.45) is 5.89. The Bertz CT molecular complexity index is 786. The van der Waals surface area contributed by atoms with Gasteiger partial charge < -0.3 is 0 Å². The number of nitrogens with zero attached hydrogens (tertiary/aromatic N) is 2. The van der Waals surface area contributed by atoms with Gasteiger partial charge in [-0.25, -0.2) is 8.42 Å². The highest BCUT2D eigenvalue weighted by atomic mass is 32.2. The lowest BCUT2D eigenvalue weighted by molar-refractivity contribution is 0.368. The molecule has 4 nitrogen and oxygen atoms in total. The van der Waals surface area contributed by atoms with E-state index in [0.29, 0.717) is 13.1 Å². The highest BCUT2D eigenvalue weighted by Crippen LogP contribution is 2.31. The predicted molar refractivity (Wildman–Crippen MR) is 92.4 cm³/mol. The zero-order chi connectivity index (χ0) is 16.3. The van der Waals surface area contributed by atoms with E-state index >= 15 is 0 Å². The maximum Gasteiger partial charge on any atom is 0.211 e. The molecule has 1 aliphatic rings. The molecule has 1 aromatic carbocycles. The van der Waals surface area contributed by atoms with Gasteiger partial charge in [0.2, 0.25) is 10.0 Å². The van der Waals surface area contributed by atoms with Crippen LogP contribution in [0.1, 0.15) is 23.6 Å². The van der Waals surface area contributed by atoms with Crippen LogP contribution < -0.4 is 0 Å². The van der Waals surface area contributed by atoms with Crippen LogP contribution in [-0.2, 0) is 10.0 Å². The minimum absolute atomic E-state index is 0.176. The van der Waals surface area contributed by atoms with Crippen molar-refractivity contribution in [1.82, 2.24) is 9.29 Å². The summed E-state index contributed by atoms with van der Waals surface area (Å²) < 4.78 is 25.6. The first-order chi connectivity index (χ1) is 11.0. The second-order valence-electron chi connectivity index (χ2n) is 5.92. The molecule has 1 aliphatic heterocycles. The van der Waals surface area contributed by atoms with Gasteiger partial charge in [-0.1, -0.05) is 42.0 Å². The molecule has 0 saturated carbocycles. The lowest BCUT2D eigenvalue weighted by Gasteiger charge is -2.33. The fourth-order valence-corrected chi connectivity index (χ4v) is 3.81. The van der Waals surface area contributed by atoms with E-state index in [-0.39, 0.29) is 5.92 Å². The molecular formula is C18H20N2O2S. The van der Waals surface area contributed by atoms with E-state index in [1.165, 1.54) is 11.8 Å². The summed E-state index contributed by atoms with van der Waals surface area (Å²) >= 11 is 0. The molecule has 0 bridgehead atoms. The number of aromatic nitrogens is 1. The molecular weight excluding hydrogens is 308 g/mol. The average molecular weight is 328 g/mol. The first-order valence-electron chi connectivity index (χ1n) is 7.63. The molecule has 120 valence electrons. The van der Waals surface area contributed by atoms with E-state index in [4.69, 9.17) is 0 Å². The van der Waals surface area contributed by atoms with Crippen LogP contribution in [0.25, 0.3) is 6.08 Å². The second kappa shape index (κ2) is 6.64. The number of sulfonamides is 1. The molecule has 2 aromatic rings. The zero-order valence-corrected chi connectivity index (χ0v) is 13.9. The Balaban J connectivity index is 1.93. The van der Waals surface area contributed by atoms with Crippen molar-refractivity contribution in [2.45, 2.75) is 12.3 Å². The Labute approximate surface area is 137 Å². The SMILES string of the molecule is CS(=O)(=O)N1CC(=Cc2ccccn2)CC(c2ccccc2)C1. The highest BCUT2D eigenvalue weighted by Gasteiger charge is 2.29. The summed E-state index contributed by atoms with van der Waals surface area (Å²) in [5.41, 5.74) is 3.13. The molecule has 1 unspecified atom stereocenters. The number of pyridine rings is 1. The van der Waals surface area contributed by atoms with Crippen molar-refractivity contribution >= 4 is 16.1 Å². The monoisotopic (exact) mass is 328 g/mol. The number of hydrogen-bond acceptors (Lipinski definition) is 3. The van der Waals surface area contributed by atoms with E-state index in [9.17, 15) is 8.42 Å². The highest BCUT2D eigenvalue weighted by molar-refractivity contribution is 7.88.